The molecule has 1 aromatic heterocycles. The Morgan fingerprint density at radius 2 is 2.18 bits per heavy atom. The standard InChI is InChI=1S/C13H10O4/c1-3-6-16-12-7-9-4-5-13(14)17-10(9)8-11(12)15-2/h1,4-5,7-8H,6H2,2H3. The number of terminal acetylenes is 1. The normalized spacial score (nSPS) is 9.88. The Hall–Kier alpha value is -2.41. The second-order valence-electron chi connectivity index (χ2n) is 3.29. The summed E-state index contributed by atoms with van der Waals surface area (Å²) in [5, 5.41) is 0.748. The van der Waals surface area contributed by atoms with Crippen molar-refractivity contribution in [3.05, 3.63) is 34.7 Å². The van der Waals surface area contributed by atoms with Crippen LogP contribution in [0, 0.1) is 12.3 Å². The van der Waals surface area contributed by atoms with Gasteiger partial charge in [-0.3, -0.25) is 0 Å². The number of hydrogen-bond donors (Lipinski definition) is 0. The summed E-state index contributed by atoms with van der Waals surface area (Å²) in [5.41, 5.74) is 0.0410. The molecule has 0 amide bonds. The fourth-order valence-corrected chi connectivity index (χ4v) is 1.47. The van der Waals surface area contributed by atoms with E-state index in [-0.39, 0.29) is 6.61 Å². The van der Waals surface area contributed by atoms with Crippen molar-refractivity contribution in [3.63, 3.8) is 0 Å². The van der Waals surface area contributed by atoms with Gasteiger partial charge in [-0.15, -0.1) is 6.42 Å². The molecule has 2 aromatic rings. The van der Waals surface area contributed by atoms with Gasteiger partial charge in [0.05, 0.1) is 7.11 Å². The van der Waals surface area contributed by atoms with Crippen LogP contribution in [0.15, 0.2) is 33.5 Å². The number of hydrogen-bond acceptors (Lipinski definition) is 4. The molecule has 1 aromatic carbocycles. The Morgan fingerprint density at radius 1 is 1.35 bits per heavy atom. The van der Waals surface area contributed by atoms with E-state index in [0.29, 0.717) is 17.1 Å². The maximum absolute atomic E-state index is 11.1. The highest BCUT2D eigenvalue weighted by Crippen LogP contribution is 2.31. The van der Waals surface area contributed by atoms with Crippen molar-refractivity contribution in [2.75, 3.05) is 13.7 Å². The van der Waals surface area contributed by atoms with Crippen LogP contribution in [-0.4, -0.2) is 13.7 Å². The van der Waals surface area contributed by atoms with Crippen LogP contribution in [-0.2, 0) is 0 Å². The number of fused-ring (bicyclic) bond motifs is 1. The molecule has 0 aliphatic rings. The highest BCUT2D eigenvalue weighted by molar-refractivity contribution is 5.80. The van der Waals surface area contributed by atoms with Gasteiger partial charge in [0.2, 0.25) is 0 Å². The lowest BCUT2D eigenvalue weighted by Gasteiger charge is -2.09. The van der Waals surface area contributed by atoms with E-state index in [9.17, 15) is 4.79 Å². The average molecular weight is 230 g/mol. The number of benzene rings is 1. The lowest BCUT2D eigenvalue weighted by molar-refractivity contribution is 0.331. The minimum Gasteiger partial charge on any atom is -0.493 e. The molecule has 0 atom stereocenters. The van der Waals surface area contributed by atoms with Crippen molar-refractivity contribution < 1.29 is 13.9 Å². The average Bonchev–Trinajstić information content (AvgIpc) is 2.35. The van der Waals surface area contributed by atoms with E-state index in [4.69, 9.17) is 20.3 Å². The molecule has 0 saturated heterocycles. The van der Waals surface area contributed by atoms with E-state index in [2.05, 4.69) is 5.92 Å². The molecule has 0 aliphatic carbocycles. The fourth-order valence-electron chi connectivity index (χ4n) is 1.47. The van der Waals surface area contributed by atoms with Gasteiger partial charge in [-0.1, -0.05) is 5.92 Å². The van der Waals surface area contributed by atoms with Crippen LogP contribution < -0.4 is 15.1 Å². The zero-order valence-electron chi connectivity index (χ0n) is 9.23. The lowest BCUT2D eigenvalue weighted by atomic mass is 10.2. The summed E-state index contributed by atoms with van der Waals surface area (Å²) < 4.78 is 15.5. The first-order chi connectivity index (χ1) is 8.24. The second kappa shape index (κ2) is 4.62. The van der Waals surface area contributed by atoms with Crippen LogP contribution in [0.4, 0.5) is 0 Å². The first-order valence-electron chi connectivity index (χ1n) is 4.93. The predicted molar refractivity (Wildman–Crippen MR) is 63.4 cm³/mol. The summed E-state index contributed by atoms with van der Waals surface area (Å²) in [7, 11) is 1.50. The summed E-state index contributed by atoms with van der Waals surface area (Å²) in [6, 6.07) is 6.32. The van der Waals surface area contributed by atoms with E-state index in [1.807, 2.05) is 0 Å². The molecule has 0 fully saturated rings. The van der Waals surface area contributed by atoms with E-state index in [0.717, 1.165) is 5.39 Å². The minimum absolute atomic E-state index is 0.151. The van der Waals surface area contributed by atoms with Gasteiger partial charge in [-0.05, 0) is 12.1 Å². The molecule has 0 saturated carbocycles. The summed E-state index contributed by atoms with van der Waals surface area (Å²) in [6.45, 7) is 0.151. The molecule has 4 heteroatoms. The first kappa shape index (κ1) is 11.1. The van der Waals surface area contributed by atoms with Crippen molar-refractivity contribution in [2.24, 2.45) is 0 Å². The third-order valence-corrected chi connectivity index (χ3v) is 2.22. The molecule has 0 spiro atoms. The summed E-state index contributed by atoms with van der Waals surface area (Å²) >= 11 is 0. The Balaban J connectivity index is 2.57. The predicted octanol–water partition coefficient (Wildman–Crippen LogP) is 1.81. The van der Waals surface area contributed by atoms with Crippen LogP contribution in [0.2, 0.25) is 0 Å². The quantitative estimate of drug-likeness (QED) is 0.596. The zero-order chi connectivity index (χ0) is 12.3. The van der Waals surface area contributed by atoms with Gasteiger partial charge in [0.1, 0.15) is 12.2 Å². The Morgan fingerprint density at radius 3 is 2.88 bits per heavy atom. The third kappa shape index (κ3) is 2.23. The van der Waals surface area contributed by atoms with Gasteiger partial charge in [-0.2, -0.15) is 0 Å². The largest absolute Gasteiger partial charge is 0.493 e. The molecule has 0 bridgehead atoms. The van der Waals surface area contributed by atoms with E-state index < -0.39 is 5.63 Å². The Labute approximate surface area is 97.8 Å². The first-order valence-corrected chi connectivity index (χ1v) is 4.93. The van der Waals surface area contributed by atoms with Crippen LogP contribution in [0.1, 0.15) is 0 Å². The lowest BCUT2D eigenvalue weighted by Crippen LogP contribution is -1.98. The van der Waals surface area contributed by atoms with Crippen molar-refractivity contribution in [3.8, 4) is 23.8 Å². The molecule has 4 nitrogen and oxygen atoms in total. The zero-order valence-corrected chi connectivity index (χ0v) is 9.23. The van der Waals surface area contributed by atoms with Gasteiger partial charge >= 0.3 is 5.63 Å². The van der Waals surface area contributed by atoms with Gasteiger partial charge in [0.25, 0.3) is 0 Å². The molecular weight excluding hydrogens is 220 g/mol. The summed E-state index contributed by atoms with van der Waals surface area (Å²) in [4.78, 5) is 11.1. The van der Waals surface area contributed by atoms with E-state index in [1.54, 1.807) is 18.2 Å². The van der Waals surface area contributed by atoms with Crippen LogP contribution in [0.25, 0.3) is 11.0 Å². The van der Waals surface area contributed by atoms with Gasteiger partial charge in [0, 0.05) is 17.5 Å². The number of methoxy groups -OCH3 is 1. The van der Waals surface area contributed by atoms with Crippen molar-refractivity contribution >= 4 is 11.0 Å². The van der Waals surface area contributed by atoms with Crippen molar-refractivity contribution in [2.45, 2.75) is 0 Å². The van der Waals surface area contributed by atoms with E-state index in [1.165, 1.54) is 13.2 Å². The molecule has 0 N–H and O–H groups in total. The topological polar surface area (TPSA) is 48.7 Å². The molecule has 86 valence electrons. The van der Waals surface area contributed by atoms with Crippen LogP contribution in [0.5, 0.6) is 11.5 Å². The van der Waals surface area contributed by atoms with Gasteiger partial charge in [-0.25, -0.2) is 4.79 Å². The molecule has 0 radical (unpaired) electrons. The molecule has 1 heterocycles. The summed E-state index contributed by atoms with van der Waals surface area (Å²) in [5.74, 6) is 3.37. The maximum atomic E-state index is 11.1. The van der Waals surface area contributed by atoms with E-state index >= 15 is 0 Å². The fraction of sp³-hybridized carbons (Fsp3) is 0.154. The maximum Gasteiger partial charge on any atom is 0.336 e. The number of ether oxygens (including phenoxy) is 2. The molecular formula is C13H10O4. The Kier molecular flexibility index (Phi) is 3.01. The smallest absolute Gasteiger partial charge is 0.336 e. The van der Waals surface area contributed by atoms with Gasteiger partial charge in [0.15, 0.2) is 11.5 Å². The molecule has 0 unspecified atom stereocenters. The highest BCUT2D eigenvalue weighted by atomic mass is 16.5. The molecule has 0 aliphatic heterocycles. The molecule has 17 heavy (non-hydrogen) atoms. The summed E-state index contributed by atoms with van der Waals surface area (Å²) in [6.07, 6.45) is 5.12. The monoisotopic (exact) mass is 230 g/mol. The third-order valence-electron chi connectivity index (χ3n) is 2.22. The second-order valence-corrected chi connectivity index (χ2v) is 3.29. The van der Waals surface area contributed by atoms with Gasteiger partial charge < -0.3 is 13.9 Å². The van der Waals surface area contributed by atoms with Crippen molar-refractivity contribution in [1.29, 1.82) is 0 Å². The number of rotatable bonds is 3. The SMILES string of the molecule is C#CCOc1cc2ccc(=O)oc2cc1OC. The highest BCUT2D eigenvalue weighted by Gasteiger charge is 2.08. The van der Waals surface area contributed by atoms with Crippen molar-refractivity contribution in [1.82, 2.24) is 0 Å². The minimum atomic E-state index is -0.406. The molecule has 2 rings (SSSR count). The Bertz CT molecular complexity index is 634. The van der Waals surface area contributed by atoms with Crippen LogP contribution >= 0.6 is 0 Å². The van der Waals surface area contributed by atoms with Crippen LogP contribution in [0.3, 0.4) is 0 Å².